The molecule has 2 rings (SSSR count). The molecule has 3 nitrogen and oxygen atoms in total. The van der Waals surface area contributed by atoms with E-state index in [1.807, 2.05) is 12.3 Å². The molecule has 0 radical (unpaired) electrons. The smallest absolute Gasteiger partial charge is 0.0647 e. The Hall–Kier alpha value is -0.930. The fourth-order valence-corrected chi connectivity index (χ4v) is 2.61. The molecule has 1 aromatic rings. The predicted octanol–water partition coefficient (Wildman–Crippen LogP) is 2.07. The average Bonchev–Trinajstić information content (AvgIpc) is 2.32. The molecule has 1 aliphatic heterocycles. The molecule has 0 aliphatic carbocycles. The Morgan fingerprint density at radius 2 is 2.24 bits per heavy atom. The van der Waals surface area contributed by atoms with Gasteiger partial charge in [-0.05, 0) is 31.5 Å². The zero-order valence-corrected chi connectivity index (χ0v) is 11.1. The minimum absolute atomic E-state index is 0.411. The molecule has 0 bridgehead atoms. The summed E-state index contributed by atoms with van der Waals surface area (Å²) in [6.45, 7) is 6.68. The van der Waals surface area contributed by atoms with E-state index in [2.05, 4.69) is 48.2 Å². The molecule has 0 aromatic carbocycles. The number of aromatic nitrogens is 1. The second kappa shape index (κ2) is 5.61. The van der Waals surface area contributed by atoms with Crippen LogP contribution in [0.15, 0.2) is 24.4 Å². The summed E-state index contributed by atoms with van der Waals surface area (Å²) >= 11 is 0. The zero-order chi connectivity index (χ0) is 12.3. The van der Waals surface area contributed by atoms with Gasteiger partial charge in [-0.15, -0.1) is 0 Å². The fourth-order valence-electron chi connectivity index (χ4n) is 2.61. The highest BCUT2D eigenvalue weighted by Gasteiger charge is 2.29. The standard InChI is InChI=1S/C14H23N3/c1-11(2)8-12-9-15-10-14(17(12)3)13-6-4-5-7-16-13/h4-7,11-12,14-15H,8-10H2,1-3H3. The summed E-state index contributed by atoms with van der Waals surface area (Å²) in [5.74, 6) is 0.742. The lowest BCUT2D eigenvalue weighted by Crippen LogP contribution is -2.51. The topological polar surface area (TPSA) is 28.2 Å². The molecule has 2 heterocycles. The van der Waals surface area contributed by atoms with E-state index in [-0.39, 0.29) is 0 Å². The molecule has 1 N–H and O–H groups in total. The van der Waals surface area contributed by atoms with E-state index in [0.29, 0.717) is 12.1 Å². The first kappa shape index (κ1) is 12.5. The fraction of sp³-hybridized carbons (Fsp3) is 0.643. The number of hydrogen-bond donors (Lipinski definition) is 1. The van der Waals surface area contributed by atoms with Gasteiger partial charge in [0, 0.05) is 25.3 Å². The van der Waals surface area contributed by atoms with E-state index in [9.17, 15) is 0 Å². The molecular weight excluding hydrogens is 210 g/mol. The number of nitrogens with one attached hydrogen (secondary N) is 1. The van der Waals surface area contributed by atoms with Crippen molar-refractivity contribution in [3.8, 4) is 0 Å². The van der Waals surface area contributed by atoms with Crippen molar-refractivity contribution in [1.29, 1.82) is 0 Å². The third-order valence-electron chi connectivity index (χ3n) is 3.56. The van der Waals surface area contributed by atoms with Crippen molar-refractivity contribution in [3.63, 3.8) is 0 Å². The normalized spacial score (nSPS) is 26.4. The highest BCUT2D eigenvalue weighted by atomic mass is 15.2. The van der Waals surface area contributed by atoms with Gasteiger partial charge in [-0.2, -0.15) is 0 Å². The van der Waals surface area contributed by atoms with Gasteiger partial charge in [-0.3, -0.25) is 9.88 Å². The summed E-state index contributed by atoms with van der Waals surface area (Å²) in [5, 5.41) is 3.54. The van der Waals surface area contributed by atoms with Gasteiger partial charge < -0.3 is 5.32 Å². The van der Waals surface area contributed by atoms with Crippen molar-refractivity contribution in [1.82, 2.24) is 15.2 Å². The van der Waals surface area contributed by atoms with Crippen molar-refractivity contribution in [2.75, 3.05) is 20.1 Å². The number of hydrogen-bond acceptors (Lipinski definition) is 3. The lowest BCUT2D eigenvalue weighted by molar-refractivity contribution is 0.111. The van der Waals surface area contributed by atoms with Crippen molar-refractivity contribution in [3.05, 3.63) is 30.1 Å². The monoisotopic (exact) mass is 233 g/mol. The summed E-state index contributed by atoms with van der Waals surface area (Å²) in [6.07, 6.45) is 3.13. The van der Waals surface area contributed by atoms with Crippen LogP contribution in [0.3, 0.4) is 0 Å². The highest BCUT2D eigenvalue weighted by Crippen LogP contribution is 2.24. The van der Waals surface area contributed by atoms with Gasteiger partial charge in [0.15, 0.2) is 0 Å². The Morgan fingerprint density at radius 1 is 1.41 bits per heavy atom. The van der Waals surface area contributed by atoms with Gasteiger partial charge in [0.1, 0.15) is 0 Å². The van der Waals surface area contributed by atoms with Crippen LogP contribution in [0, 0.1) is 5.92 Å². The van der Waals surface area contributed by atoms with Crippen LogP contribution in [0.5, 0.6) is 0 Å². The van der Waals surface area contributed by atoms with Crippen LogP contribution in [0.25, 0.3) is 0 Å². The summed E-state index contributed by atoms with van der Waals surface area (Å²) < 4.78 is 0. The second-order valence-electron chi connectivity index (χ2n) is 5.38. The van der Waals surface area contributed by atoms with Crippen LogP contribution >= 0.6 is 0 Å². The predicted molar refractivity (Wildman–Crippen MR) is 70.9 cm³/mol. The van der Waals surface area contributed by atoms with Crippen LogP contribution < -0.4 is 5.32 Å². The summed E-state index contributed by atoms with van der Waals surface area (Å²) in [5.41, 5.74) is 1.18. The molecule has 2 atom stereocenters. The first-order chi connectivity index (χ1) is 8.18. The Bertz CT molecular complexity index is 337. The van der Waals surface area contributed by atoms with Crippen molar-refractivity contribution in [2.24, 2.45) is 5.92 Å². The first-order valence-electron chi connectivity index (χ1n) is 6.52. The van der Waals surface area contributed by atoms with E-state index in [0.717, 1.165) is 19.0 Å². The molecular formula is C14H23N3. The van der Waals surface area contributed by atoms with Crippen molar-refractivity contribution in [2.45, 2.75) is 32.4 Å². The summed E-state index contributed by atoms with van der Waals surface area (Å²) in [7, 11) is 2.23. The highest BCUT2D eigenvalue weighted by molar-refractivity contribution is 5.11. The molecule has 0 amide bonds. The molecule has 1 saturated heterocycles. The molecule has 2 unspecified atom stereocenters. The van der Waals surface area contributed by atoms with Gasteiger partial charge >= 0.3 is 0 Å². The molecule has 0 spiro atoms. The zero-order valence-electron chi connectivity index (χ0n) is 11.1. The molecule has 1 fully saturated rings. The van der Waals surface area contributed by atoms with Crippen molar-refractivity contribution < 1.29 is 0 Å². The molecule has 1 aromatic heterocycles. The molecule has 0 saturated carbocycles. The third kappa shape index (κ3) is 3.05. The maximum absolute atomic E-state index is 4.48. The number of nitrogens with zero attached hydrogens (tertiary/aromatic N) is 2. The van der Waals surface area contributed by atoms with E-state index in [1.54, 1.807) is 0 Å². The van der Waals surface area contributed by atoms with Crippen LogP contribution in [-0.2, 0) is 0 Å². The number of piperazine rings is 1. The molecule has 17 heavy (non-hydrogen) atoms. The molecule has 3 heteroatoms. The van der Waals surface area contributed by atoms with E-state index in [1.165, 1.54) is 12.1 Å². The van der Waals surface area contributed by atoms with E-state index >= 15 is 0 Å². The first-order valence-corrected chi connectivity index (χ1v) is 6.52. The second-order valence-corrected chi connectivity index (χ2v) is 5.38. The van der Waals surface area contributed by atoms with Gasteiger partial charge in [0.2, 0.25) is 0 Å². The van der Waals surface area contributed by atoms with Gasteiger partial charge in [0.25, 0.3) is 0 Å². The summed E-state index contributed by atoms with van der Waals surface area (Å²) in [6, 6.07) is 7.21. The van der Waals surface area contributed by atoms with Crippen molar-refractivity contribution >= 4 is 0 Å². The Morgan fingerprint density at radius 3 is 2.88 bits per heavy atom. The SMILES string of the molecule is CC(C)CC1CNCC(c2ccccn2)N1C. The van der Waals surface area contributed by atoms with Crippen LogP contribution in [0.2, 0.25) is 0 Å². The Kier molecular flexibility index (Phi) is 4.13. The molecule has 1 aliphatic rings. The quantitative estimate of drug-likeness (QED) is 0.866. The number of likely N-dealkylation sites (N-methyl/N-ethyl adjacent to an activating group) is 1. The lowest BCUT2D eigenvalue weighted by atomic mass is 9.97. The molecule has 94 valence electrons. The van der Waals surface area contributed by atoms with E-state index < -0.39 is 0 Å². The van der Waals surface area contributed by atoms with E-state index in [4.69, 9.17) is 0 Å². The lowest BCUT2D eigenvalue weighted by Gasteiger charge is -2.40. The maximum atomic E-state index is 4.48. The minimum atomic E-state index is 0.411. The summed E-state index contributed by atoms with van der Waals surface area (Å²) in [4.78, 5) is 6.97. The Labute approximate surface area is 104 Å². The average molecular weight is 233 g/mol. The number of rotatable bonds is 3. The van der Waals surface area contributed by atoms with Gasteiger partial charge in [-0.1, -0.05) is 19.9 Å². The van der Waals surface area contributed by atoms with Gasteiger partial charge in [0.05, 0.1) is 11.7 Å². The number of pyridine rings is 1. The van der Waals surface area contributed by atoms with Gasteiger partial charge in [-0.25, -0.2) is 0 Å². The maximum Gasteiger partial charge on any atom is 0.0647 e. The largest absolute Gasteiger partial charge is 0.313 e. The Balaban J connectivity index is 2.08. The third-order valence-corrected chi connectivity index (χ3v) is 3.56. The minimum Gasteiger partial charge on any atom is -0.313 e. The van der Waals surface area contributed by atoms with Crippen LogP contribution in [0.4, 0.5) is 0 Å². The van der Waals surface area contributed by atoms with Crippen LogP contribution in [-0.4, -0.2) is 36.1 Å². The van der Waals surface area contributed by atoms with Crippen LogP contribution in [0.1, 0.15) is 32.0 Å².